The summed E-state index contributed by atoms with van der Waals surface area (Å²) in [6.07, 6.45) is 7.41. The lowest BCUT2D eigenvalue weighted by Gasteiger charge is -2.32. The van der Waals surface area contributed by atoms with Crippen molar-refractivity contribution in [2.24, 2.45) is 0 Å². The molecule has 3 aliphatic rings. The van der Waals surface area contributed by atoms with Crippen molar-refractivity contribution in [1.82, 2.24) is 29.9 Å². The SMILES string of the molecule is C.CC.CC.CC.CC.CCB1OC(C)(C)C(C)(C)O1.CCc1nc(CC)nc(CC)n1.CCc1nc(Cl)nc(CC)n1.c1ccc2c(c1)Cc1ccccc1-2.c1ccc2c(c1)Cc1ccccc1-2. The Labute approximate surface area is 426 Å². The van der Waals surface area contributed by atoms with E-state index in [1.54, 1.807) is 0 Å². The predicted molar refractivity (Wildman–Crippen MR) is 300 cm³/mol. The van der Waals surface area contributed by atoms with Crippen LogP contribution in [0.5, 0.6) is 0 Å². The summed E-state index contributed by atoms with van der Waals surface area (Å²) in [6, 6.07) is 34.6. The molecule has 0 spiro atoms. The van der Waals surface area contributed by atoms with Crippen molar-refractivity contribution >= 4 is 18.7 Å². The molecule has 2 aromatic heterocycles. The van der Waals surface area contributed by atoms with Crippen molar-refractivity contribution in [3.8, 4) is 22.3 Å². The highest BCUT2D eigenvalue weighted by molar-refractivity contribution is 6.45. The standard InChI is InChI=1S/2C13H10.C9H15N3.C8H17BO2.C7H10ClN3.4C2H6.CH4/c2*1-3-7-12-10(5-1)9-11-6-2-4-8-13(11)12;1-4-7-10-8(5-2)12-9(6-3)11-7;1-6-9-10-7(2,3)8(4,5)11-9;1-3-5-9-6(4-2)11-7(8)10-5;4*1-2;/h2*1-8H,9H2;4-6H2,1-3H3;6H2,1-5H3;3-4H2,1-2H3;4*1-2H3;1H4. The third-order valence-electron chi connectivity index (χ3n) is 11.1. The fraction of sp³-hybridized carbons (Fsp3) is 0.492. The Hall–Kier alpha value is -4.83. The zero-order valence-electron chi connectivity index (χ0n) is 45.3. The van der Waals surface area contributed by atoms with E-state index in [1.165, 1.54) is 44.5 Å². The molecule has 10 heteroatoms. The van der Waals surface area contributed by atoms with Gasteiger partial charge in [-0.1, -0.05) is 201 Å². The fourth-order valence-corrected chi connectivity index (χ4v) is 7.24. The van der Waals surface area contributed by atoms with Crippen LogP contribution in [-0.2, 0) is 54.3 Å². The smallest absolute Gasteiger partial charge is 0.403 e. The van der Waals surface area contributed by atoms with Crippen molar-refractivity contribution in [3.63, 3.8) is 0 Å². The summed E-state index contributed by atoms with van der Waals surface area (Å²) < 4.78 is 11.4. The molecule has 1 fully saturated rings. The molecule has 4 aromatic carbocycles. The molecule has 0 unspecified atom stereocenters. The van der Waals surface area contributed by atoms with Gasteiger partial charge in [0, 0.05) is 32.1 Å². The number of hydrogen-bond acceptors (Lipinski definition) is 8. The molecule has 8 nitrogen and oxygen atoms in total. The highest BCUT2D eigenvalue weighted by Crippen LogP contribution is 2.38. The zero-order chi connectivity index (χ0) is 51.3. The number of halogens is 1. The second kappa shape index (κ2) is 34.5. The zero-order valence-corrected chi connectivity index (χ0v) is 46.1. The summed E-state index contributed by atoms with van der Waals surface area (Å²) in [4.78, 5) is 24.9. The van der Waals surface area contributed by atoms with Crippen LogP contribution in [0.25, 0.3) is 22.3 Å². The van der Waals surface area contributed by atoms with Gasteiger partial charge in [0.25, 0.3) is 0 Å². The average Bonchev–Trinajstić information content (AvgIpc) is 4.04. The lowest BCUT2D eigenvalue weighted by Crippen LogP contribution is -2.41. The maximum atomic E-state index is 5.69. The Kier molecular flexibility index (Phi) is 32.1. The van der Waals surface area contributed by atoms with Gasteiger partial charge < -0.3 is 9.31 Å². The number of benzene rings is 4. The molecule has 2 aliphatic carbocycles. The molecule has 378 valence electrons. The van der Waals surface area contributed by atoms with Gasteiger partial charge in [0.05, 0.1) is 11.2 Å². The van der Waals surface area contributed by atoms with Crippen molar-refractivity contribution in [3.05, 3.63) is 154 Å². The van der Waals surface area contributed by atoms with Crippen LogP contribution >= 0.6 is 11.6 Å². The summed E-state index contributed by atoms with van der Waals surface area (Å²) in [5, 5.41) is 0.300. The van der Waals surface area contributed by atoms with E-state index in [9.17, 15) is 0 Å². The first-order valence-corrected chi connectivity index (χ1v) is 26.0. The largest absolute Gasteiger partial charge is 0.457 e. The first-order chi connectivity index (χ1) is 32.8. The van der Waals surface area contributed by atoms with Crippen molar-refractivity contribution < 1.29 is 9.31 Å². The van der Waals surface area contributed by atoms with Crippen LogP contribution < -0.4 is 0 Å². The van der Waals surface area contributed by atoms with Gasteiger partial charge in [-0.2, -0.15) is 0 Å². The number of nitrogens with zero attached hydrogens (tertiary/aromatic N) is 6. The van der Waals surface area contributed by atoms with Crippen molar-refractivity contribution in [1.29, 1.82) is 0 Å². The quantitative estimate of drug-likeness (QED) is 0.152. The molecule has 0 bridgehead atoms. The Morgan fingerprint density at radius 1 is 0.406 bits per heavy atom. The Morgan fingerprint density at radius 3 is 0.826 bits per heavy atom. The maximum Gasteiger partial charge on any atom is 0.457 e. The minimum atomic E-state index is -0.159. The third kappa shape index (κ3) is 19.5. The van der Waals surface area contributed by atoms with Crippen LogP contribution in [0.15, 0.2) is 97.1 Å². The van der Waals surface area contributed by atoms with Crippen LogP contribution in [0.1, 0.15) is 183 Å². The van der Waals surface area contributed by atoms with Gasteiger partial charge in [-0.15, -0.1) is 0 Å². The summed E-state index contributed by atoms with van der Waals surface area (Å²) in [5.41, 5.74) is 11.2. The molecular weight excluding hydrogens is 871 g/mol. The van der Waals surface area contributed by atoms with Gasteiger partial charge in [-0.3, -0.25) is 0 Å². The molecule has 0 amide bonds. The van der Waals surface area contributed by atoms with E-state index in [2.05, 4.69) is 182 Å². The molecule has 0 saturated carbocycles. The molecule has 9 rings (SSSR count). The first-order valence-electron chi connectivity index (χ1n) is 25.6. The molecule has 1 saturated heterocycles. The first kappa shape index (κ1) is 64.2. The Balaban J connectivity index is 0.000000806. The van der Waals surface area contributed by atoms with Crippen molar-refractivity contribution in [2.45, 2.75) is 195 Å². The molecule has 0 radical (unpaired) electrons. The number of aryl methyl sites for hydroxylation is 5. The van der Waals surface area contributed by atoms with Gasteiger partial charge in [-0.05, 0) is 103 Å². The van der Waals surface area contributed by atoms with Crippen LogP contribution in [-0.4, -0.2) is 48.2 Å². The molecular formula is C59H90BClN6O2. The van der Waals surface area contributed by atoms with Crippen LogP contribution in [0.3, 0.4) is 0 Å². The van der Waals surface area contributed by atoms with Crippen LogP contribution in [0.2, 0.25) is 11.6 Å². The van der Waals surface area contributed by atoms with Gasteiger partial charge in [0.1, 0.15) is 29.1 Å². The van der Waals surface area contributed by atoms with Crippen LogP contribution in [0.4, 0.5) is 0 Å². The summed E-state index contributed by atoms with van der Waals surface area (Å²) in [5.74, 6) is 4.28. The summed E-state index contributed by atoms with van der Waals surface area (Å²) >= 11 is 5.65. The van der Waals surface area contributed by atoms with E-state index in [4.69, 9.17) is 20.9 Å². The number of aromatic nitrogens is 6. The fourth-order valence-electron chi connectivity index (χ4n) is 7.04. The molecule has 1 aliphatic heterocycles. The number of fused-ring (bicyclic) bond motifs is 6. The Morgan fingerprint density at radius 2 is 0.623 bits per heavy atom. The average molecular weight is 962 g/mol. The highest BCUT2D eigenvalue weighted by atomic mass is 35.5. The maximum absolute atomic E-state index is 5.69. The second-order valence-corrected chi connectivity index (χ2v) is 16.2. The van der Waals surface area contributed by atoms with E-state index < -0.39 is 0 Å². The lowest BCUT2D eigenvalue weighted by molar-refractivity contribution is 0.00578. The second-order valence-electron chi connectivity index (χ2n) is 15.9. The Bertz CT molecular complexity index is 2050. The van der Waals surface area contributed by atoms with E-state index in [0.29, 0.717) is 5.28 Å². The van der Waals surface area contributed by atoms with Gasteiger partial charge in [0.2, 0.25) is 5.28 Å². The lowest BCUT2D eigenvalue weighted by atomic mass is 9.87. The molecule has 3 heterocycles. The third-order valence-corrected chi connectivity index (χ3v) is 11.3. The molecule has 6 aromatic rings. The van der Waals surface area contributed by atoms with Crippen LogP contribution in [0, 0.1) is 0 Å². The molecule has 69 heavy (non-hydrogen) atoms. The van der Waals surface area contributed by atoms with E-state index in [1.807, 2.05) is 69.2 Å². The number of rotatable bonds is 6. The number of hydrogen-bond donors (Lipinski definition) is 0. The monoisotopic (exact) mass is 961 g/mol. The van der Waals surface area contributed by atoms with E-state index in [0.717, 1.165) is 80.4 Å². The van der Waals surface area contributed by atoms with E-state index in [-0.39, 0.29) is 25.7 Å². The van der Waals surface area contributed by atoms with Crippen molar-refractivity contribution in [2.75, 3.05) is 0 Å². The minimum Gasteiger partial charge on any atom is -0.403 e. The minimum absolute atomic E-state index is 0. The predicted octanol–water partition coefficient (Wildman–Crippen LogP) is 16.6. The highest BCUT2D eigenvalue weighted by Gasteiger charge is 2.50. The topological polar surface area (TPSA) is 95.8 Å². The summed E-state index contributed by atoms with van der Waals surface area (Å²) in [6.45, 7) is 36.5. The molecule has 0 N–H and O–H groups in total. The summed E-state index contributed by atoms with van der Waals surface area (Å²) in [7, 11) is -0.0139. The molecule has 0 atom stereocenters. The van der Waals surface area contributed by atoms with Gasteiger partial charge in [-0.25, -0.2) is 29.9 Å². The van der Waals surface area contributed by atoms with Gasteiger partial charge >= 0.3 is 7.12 Å². The van der Waals surface area contributed by atoms with Gasteiger partial charge in [0.15, 0.2) is 0 Å². The van der Waals surface area contributed by atoms with E-state index >= 15 is 0 Å². The normalized spacial score (nSPS) is 12.8.